The highest BCUT2D eigenvalue weighted by Crippen LogP contribution is 2.07. The van der Waals surface area contributed by atoms with Crippen molar-refractivity contribution in [2.24, 2.45) is 12.8 Å². The molecule has 0 aromatic carbocycles. The second-order valence-corrected chi connectivity index (χ2v) is 3.27. The fraction of sp³-hybridized carbons (Fsp3) is 0.444. The Kier molecular flexibility index (Phi) is 2.72. The molecule has 1 rings (SSSR count). The normalized spacial score (nSPS) is 12.8. The van der Waals surface area contributed by atoms with Gasteiger partial charge in [0.15, 0.2) is 0 Å². The van der Waals surface area contributed by atoms with Crippen LogP contribution in [0.1, 0.15) is 11.3 Å². The molecule has 1 aromatic heterocycles. The minimum Gasteiger partial charge on any atom is -0.480 e. The number of carboxylic acids is 1. The molecular formula is C9H14N2O2. The molecule has 1 aromatic rings. The first-order valence-corrected chi connectivity index (χ1v) is 4.11. The van der Waals surface area contributed by atoms with E-state index in [9.17, 15) is 4.79 Å². The average Bonchev–Trinajstić information content (AvgIpc) is 2.30. The van der Waals surface area contributed by atoms with E-state index in [1.165, 1.54) is 0 Å². The summed E-state index contributed by atoms with van der Waals surface area (Å²) in [6, 6.07) is 1.14. The summed E-state index contributed by atoms with van der Waals surface area (Å²) in [7, 11) is 1.89. The molecule has 4 nitrogen and oxygen atoms in total. The van der Waals surface area contributed by atoms with Crippen LogP contribution in [0.3, 0.4) is 0 Å². The molecule has 1 atom stereocenters. The second-order valence-electron chi connectivity index (χ2n) is 3.27. The molecule has 1 heterocycles. The minimum absolute atomic E-state index is 0.375. The van der Waals surface area contributed by atoms with Crippen LogP contribution in [0, 0.1) is 6.92 Å². The summed E-state index contributed by atoms with van der Waals surface area (Å²) in [6.07, 6.45) is 2.32. The largest absolute Gasteiger partial charge is 0.480 e. The quantitative estimate of drug-likeness (QED) is 0.705. The second kappa shape index (κ2) is 3.62. The molecule has 0 aliphatic carbocycles. The van der Waals surface area contributed by atoms with Crippen molar-refractivity contribution < 1.29 is 9.90 Å². The van der Waals surface area contributed by atoms with Crippen LogP contribution in [0.4, 0.5) is 0 Å². The van der Waals surface area contributed by atoms with E-state index in [1.807, 2.05) is 30.8 Å². The Balaban J connectivity index is 2.74. The molecule has 0 amide bonds. The lowest BCUT2D eigenvalue weighted by molar-refractivity contribution is -0.138. The molecule has 0 saturated heterocycles. The number of rotatable bonds is 3. The van der Waals surface area contributed by atoms with Crippen LogP contribution in [-0.2, 0) is 18.3 Å². The van der Waals surface area contributed by atoms with Gasteiger partial charge >= 0.3 is 5.97 Å². The molecule has 0 spiro atoms. The van der Waals surface area contributed by atoms with Gasteiger partial charge in [0.05, 0.1) is 0 Å². The minimum atomic E-state index is -0.959. The van der Waals surface area contributed by atoms with Crippen LogP contribution in [-0.4, -0.2) is 21.7 Å². The summed E-state index contributed by atoms with van der Waals surface area (Å²) in [5.74, 6) is -0.959. The number of carboxylic acid groups (broad SMARTS) is 1. The van der Waals surface area contributed by atoms with Crippen LogP contribution >= 0.6 is 0 Å². The maximum atomic E-state index is 10.5. The van der Waals surface area contributed by atoms with Gasteiger partial charge < -0.3 is 15.4 Å². The zero-order valence-electron chi connectivity index (χ0n) is 7.82. The fourth-order valence-electron chi connectivity index (χ4n) is 1.31. The molecular weight excluding hydrogens is 168 g/mol. The van der Waals surface area contributed by atoms with Gasteiger partial charge in [0.25, 0.3) is 0 Å². The Bertz CT molecular complexity index is 317. The van der Waals surface area contributed by atoms with Crippen molar-refractivity contribution in [3.63, 3.8) is 0 Å². The van der Waals surface area contributed by atoms with Gasteiger partial charge in [-0.2, -0.15) is 0 Å². The van der Waals surface area contributed by atoms with Crippen LogP contribution in [0.2, 0.25) is 0 Å². The van der Waals surface area contributed by atoms with Gasteiger partial charge in [-0.05, 0) is 18.6 Å². The molecule has 0 bridgehead atoms. The summed E-state index contributed by atoms with van der Waals surface area (Å²) in [6.45, 7) is 1.97. The Morgan fingerprint density at radius 1 is 1.77 bits per heavy atom. The lowest BCUT2D eigenvalue weighted by Crippen LogP contribution is -2.32. The number of nitrogens with zero attached hydrogens (tertiary/aromatic N) is 1. The van der Waals surface area contributed by atoms with Crippen LogP contribution in [0.25, 0.3) is 0 Å². The number of aliphatic carboxylic acids is 1. The van der Waals surface area contributed by atoms with Crippen LogP contribution in [0.15, 0.2) is 12.3 Å². The number of aryl methyl sites for hydroxylation is 2. The Morgan fingerprint density at radius 2 is 2.38 bits per heavy atom. The maximum Gasteiger partial charge on any atom is 0.320 e. The molecule has 0 fully saturated rings. The first kappa shape index (κ1) is 9.80. The summed E-state index contributed by atoms with van der Waals surface area (Å²) >= 11 is 0. The number of aromatic nitrogens is 1. The Hall–Kier alpha value is -1.29. The van der Waals surface area contributed by atoms with E-state index in [2.05, 4.69) is 0 Å². The molecule has 4 heteroatoms. The van der Waals surface area contributed by atoms with E-state index < -0.39 is 12.0 Å². The highest BCUT2D eigenvalue weighted by Gasteiger charge is 2.13. The maximum absolute atomic E-state index is 10.5. The van der Waals surface area contributed by atoms with Gasteiger partial charge in [-0.3, -0.25) is 4.79 Å². The predicted molar refractivity (Wildman–Crippen MR) is 49.5 cm³/mol. The molecule has 1 unspecified atom stereocenters. The number of nitrogens with two attached hydrogens (primary N) is 1. The number of hydrogen-bond donors (Lipinski definition) is 2. The van der Waals surface area contributed by atoms with Crippen molar-refractivity contribution in [1.82, 2.24) is 4.57 Å². The summed E-state index contributed by atoms with van der Waals surface area (Å²) in [5.41, 5.74) is 7.49. The van der Waals surface area contributed by atoms with Crippen molar-refractivity contribution in [3.8, 4) is 0 Å². The SMILES string of the molecule is Cc1cc(CC(N)C(=O)O)n(C)c1. The van der Waals surface area contributed by atoms with Gasteiger partial charge in [0, 0.05) is 25.4 Å². The molecule has 0 radical (unpaired) electrons. The molecule has 13 heavy (non-hydrogen) atoms. The van der Waals surface area contributed by atoms with E-state index in [-0.39, 0.29) is 0 Å². The van der Waals surface area contributed by atoms with E-state index in [4.69, 9.17) is 10.8 Å². The summed E-state index contributed by atoms with van der Waals surface area (Å²) in [5, 5.41) is 8.61. The molecule has 0 aliphatic rings. The predicted octanol–water partition coefficient (Wildman–Crippen LogP) is 0.288. The lowest BCUT2D eigenvalue weighted by atomic mass is 10.1. The third kappa shape index (κ3) is 2.32. The van der Waals surface area contributed by atoms with Crippen LogP contribution < -0.4 is 5.73 Å². The topological polar surface area (TPSA) is 68.2 Å². The highest BCUT2D eigenvalue weighted by molar-refractivity contribution is 5.73. The van der Waals surface area contributed by atoms with Gasteiger partial charge in [-0.1, -0.05) is 0 Å². The zero-order chi connectivity index (χ0) is 10.0. The smallest absolute Gasteiger partial charge is 0.320 e. The van der Waals surface area contributed by atoms with Gasteiger partial charge in [-0.25, -0.2) is 0 Å². The van der Waals surface area contributed by atoms with E-state index in [1.54, 1.807) is 0 Å². The van der Waals surface area contributed by atoms with Crippen molar-refractivity contribution in [2.45, 2.75) is 19.4 Å². The van der Waals surface area contributed by atoms with E-state index in [0.717, 1.165) is 11.3 Å². The Labute approximate surface area is 77.0 Å². The third-order valence-electron chi connectivity index (χ3n) is 1.99. The van der Waals surface area contributed by atoms with Crippen LogP contribution in [0.5, 0.6) is 0 Å². The number of carbonyl (C=O) groups is 1. The lowest BCUT2D eigenvalue weighted by Gasteiger charge is -2.06. The van der Waals surface area contributed by atoms with Crippen molar-refractivity contribution in [1.29, 1.82) is 0 Å². The van der Waals surface area contributed by atoms with Crippen molar-refractivity contribution in [2.75, 3.05) is 0 Å². The molecule has 3 N–H and O–H groups in total. The molecule has 0 aliphatic heterocycles. The third-order valence-corrected chi connectivity index (χ3v) is 1.99. The van der Waals surface area contributed by atoms with Crippen molar-refractivity contribution >= 4 is 5.97 Å². The first-order chi connectivity index (χ1) is 6.00. The van der Waals surface area contributed by atoms with E-state index >= 15 is 0 Å². The zero-order valence-corrected chi connectivity index (χ0v) is 7.82. The highest BCUT2D eigenvalue weighted by atomic mass is 16.4. The molecule has 0 saturated carbocycles. The monoisotopic (exact) mass is 182 g/mol. The first-order valence-electron chi connectivity index (χ1n) is 4.11. The standard InChI is InChI=1S/C9H14N2O2/c1-6-3-7(11(2)5-6)4-8(10)9(12)13/h3,5,8H,4,10H2,1-2H3,(H,12,13). The number of hydrogen-bond acceptors (Lipinski definition) is 2. The van der Waals surface area contributed by atoms with E-state index in [0.29, 0.717) is 6.42 Å². The summed E-state index contributed by atoms with van der Waals surface area (Å²) < 4.78 is 1.90. The van der Waals surface area contributed by atoms with Crippen molar-refractivity contribution in [3.05, 3.63) is 23.5 Å². The summed E-state index contributed by atoms with van der Waals surface area (Å²) in [4.78, 5) is 10.5. The Morgan fingerprint density at radius 3 is 2.77 bits per heavy atom. The molecule has 72 valence electrons. The van der Waals surface area contributed by atoms with Gasteiger partial charge in [0.2, 0.25) is 0 Å². The fourth-order valence-corrected chi connectivity index (χ4v) is 1.31. The van der Waals surface area contributed by atoms with Gasteiger partial charge in [0.1, 0.15) is 6.04 Å². The average molecular weight is 182 g/mol. The van der Waals surface area contributed by atoms with Gasteiger partial charge in [-0.15, -0.1) is 0 Å².